The average Bonchev–Trinajstić information content (AvgIpc) is 2.71. The van der Waals surface area contributed by atoms with E-state index in [1.807, 2.05) is 25.1 Å². The molecule has 1 aliphatic heterocycles. The number of morpholine rings is 1. The molecule has 27 heavy (non-hydrogen) atoms. The van der Waals surface area contributed by atoms with E-state index >= 15 is 0 Å². The topological polar surface area (TPSA) is 41.6 Å². The first kappa shape index (κ1) is 19.6. The van der Waals surface area contributed by atoms with E-state index < -0.39 is 0 Å². The highest BCUT2D eigenvalue weighted by atomic mass is 16.5. The van der Waals surface area contributed by atoms with Crippen molar-refractivity contribution in [3.8, 4) is 0 Å². The molecule has 2 aromatic carbocycles. The van der Waals surface area contributed by atoms with E-state index in [-0.39, 0.29) is 17.9 Å². The van der Waals surface area contributed by atoms with E-state index in [4.69, 9.17) is 4.74 Å². The Bertz CT molecular complexity index is 709. The number of amides is 1. The van der Waals surface area contributed by atoms with Crippen LogP contribution in [0.5, 0.6) is 0 Å². The lowest BCUT2D eigenvalue weighted by Crippen LogP contribution is -2.44. The zero-order valence-electron chi connectivity index (χ0n) is 16.4. The predicted molar refractivity (Wildman–Crippen MR) is 109 cm³/mol. The van der Waals surface area contributed by atoms with E-state index in [2.05, 4.69) is 53.5 Å². The number of carbonyl (C=O) groups excluding carboxylic acids is 1. The summed E-state index contributed by atoms with van der Waals surface area (Å²) in [6, 6.07) is 19.0. The molecule has 1 fully saturated rings. The molecule has 2 unspecified atom stereocenters. The lowest BCUT2D eigenvalue weighted by molar-refractivity contribution is -0.124. The first-order chi connectivity index (χ1) is 13.1. The standard InChI is InChI=1S/C23H30N2O2/c1-18-8-10-21(11-9-18)22(25-12-14-27-15-13-25)17-24-23(26)19(2)16-20-6-4-3-5-7-20/h3-11,19,22H,12-17H2,1-2H3,(H,24,26). The lowest BCUT2D eigenvalue weighted by atomic mass is 9.99. The van der Waals surface area contributed by atoms with Gasteiger partial charge in [-0.2, -0.15) is 0 Å². The third-order valence-electron chi connectivity index (χ3n) is 5.25. The molecule has 4 nitrogen and oxygen atoms in total. The van der Waals surface area contributed by atoms with Gasteiger partial charge in [0.15, 0.2) is 0 Å². The van der Waals surface area contributed by atoms with Gasteiger partial charge in [-0.15, -0.1) is 0 Å². The fourth-order valence-corrected chi connectivity index (χ4v) is 3.57. The Morgan fingerprint density at radius 1 is 1.07 bits per heavy atom. The quantitative estimate of drug-likeness (QED) is 0.817. The molecule has 1 N–H and O–H groups in total. The molecule has 1 saturated heterocycles. The number of hydrogen-bond acceptors (Lipinski definition) is 3. The predicted octanol–water partition coefficient (Wildman–Crippen LogP) is 3.36. The van der Waals surface area contributed by atoms with Crippen LogP contribution in [0.4, 0.5) is 0 Å². The Kier molecular flexibility index (Phi) is 7.02. The molecule has 3 rings (SSSR count). The summed E-state index contributed by atoms with van der Waals surface area (Å²) in [5.41, 5.74) is 3.70. The highest BCUT2D eigenvalue weighted by Gasteiger charge is 2.24. The summed E-state index contributed by atoms with van der Waals surface area (Å²) in [5.74, 6) is 0.0694. The summed E-state index contributed by atoms with van der Waals surface area (Å²) in [5, 5.41) is 3.19. The van der Waals surface area contributed by atoms with E-state index in [1.54, 1.807) is 0 Å². The van der Waals surface area contributed by atoms with Crippen molar-refractivity contribution in [1.29, 1.82) is 0 Å². The number of nitrogens with one attached hydrogen (secondary N) is 1. The van der Waals surface area contributed by atoms with Crippen LogP contribution < -0.4 is 5.32 Å². The maximum atomic E-state index is 12.7. The van der Waals surface area contributed by atoms with Gasteiger partial charge in [0.05, 0.1) is 19.3 Å². The van der Waals surface area contributed by atoms with Gasteiger partial charge in [-0.25, -0.2) is 0 Å². The maximum Gasteiger partial charge on any atom is 0.223 e. The summed E-state index contributed by atoms with van der Waals surface area (Å²) < 4.78 is 5.51. The van der Waals surface area contributed by atoms with Crippen LogP contribution in [0, 0.1) is 12.8 Å². The Hall–Kier alpha value is -2.17. The summed E-state index contributed by atoms with van der Waals surface area (Å²) in [7, 11) is 0. The molecule has 1 amide bonds. The van der Waals surface area contributed by atoms with Crippen LogP contribution in [0.25, 0.3) is 0 Å². The molecule has 2 atom stereocenters. The second-order valence-corrected chi connectivity index (χ2v) is 7.41. The van der Waals surface area contributed by atoms with Crippen molar-refractivity contribution in [3.63, 3.8) is 0 Å². The zero-order valence-corrected chi connectivity index (χ0v) is 16.4. The molecule has 4 heteroatoms. The second kappa shape index (κ2) is 9.67. The van der Waals surface area contributed by atoms with Gasteiger partial charge in [-0.1, -0.05) is 67.1 Å². The van der Waals surface area contributed by atoms with Crippen molar-refractivity contribution < 1.29 is 9.53 Å². The third-order valence-corrected chi connectivity index (χ3v) is 5.25. The largest absolute Gasteiger partial charge is 0.379 e. The minimum Gasteiger partial charge on any atom is -0.379 e. The minimum atomic E-state index is -0.0456. The number of hydrogen-bond donors (Lipinski definition) is 1. The number of benzene rings is 2. The van der Waals surface area contributed by atoms with E-state index in [9.17, 15) is 4.79 Å². The van der Waals surface area contributed by atoms with Crippen LogP contribution in [-0.2, 0) is 16.0 Å². The van der Waals surface area contributed by atoms with Crippen molar-refractivity contribution in [2.45, 2.75) is 26.3 Å². The maximum absolute atomic E-state index is 12.7. The molecule has 1 aliphatic rings. The van der Waals surface area contributed by atoms with Gasteiger partial charge < -0.3 is 10.1 Å². The highest BCUT2D eigenvalue weighted by Crippen LogP contribution is 2.22. The molecule has 0 saturated carbocycles. The second-order valence-electron chi connectivity index (χ2n) is 7.41. The zero-order chi connectivity index (χ0) is 19.1. The summed E-state index contributed by atoms with van der Waals surface area (Å²) in [4.78, 5) is 15.1. The molecule has 0 bridgehead atoms. The van der Waals surface area contributed by atoms with Crippen LogP contribution >= 0.6 is 0 Å². The Morgan fingerprint density at radius 3 is 2.41 bits per heavy atom. The van der Waals surface area contributed by atoms with E-state index in [0.717, 1.165) is 32.7 Å². The normalized spacial score (nSPS) is 17.3. The van der Waals surface area contributed by atoms with Gasteiger partial charge in [0, 0.05) is 25.6 Å². The molecule has 144 valence electrons. The molecule has 0 aromatic heterocycles. The fourth-order valence-electron chi connectivity index (χ4n) is 3.57. The van der Waals surface area contributed by atoms with Gasteiger partial charge in [-0.3, -0.25) is 9.69 Å². The minimum absolute atomic E-state index is 0.0456. The summed E-state index contributed by atoms with van der Waals surface area (Å²) in [6.45, 7) is 8.02. The van der Waals surface area contributed by atoms with Gasteiger partial charge >= 0.3 is 0 Å². The van der Waals surface area contributed by atoms with Gasteiger partial charge in [-0.05, 0) is 24.5 Å². The van der Waals surface area contributed by atoms with E-state index in [1.165, 1.54) is 16.7 Å². The Morgan fingerprint density at radius 2 is 1.74 bits per heavy atom. The molecular weight excluding hydrogens is 336 g/mol. The number of rotatable bonds is 7. The van der Waals surface area contributed by atoms with Crippen molar-refractivity contribution in [1.82, 2.24) is 10.2 Å². The van der Waals surface area contributed by atoms with Crippen molar-refractivity contribution in [2.24, 2.45) is 5.92 Å². The van der Waals surface area contributed by atoms with E-state index in [0.29, 0.717) is 6.54 Å². The summed E-state index contributed by atoms with van der Waals surface area (Å²) in [6.07, 6.45) is 0.763. The highest BCUT2D eigenvalue weighted by molar-refractivity contribution is 5.78. The first-order valence-electron chi connectivity index (χ1n) is 9.83. The molecular formula is C23H30N2O2. The molecule has 1 heterocycles. The lowest BCUT2D eigenvalue weighted by Gasteiger charge is -2.35. The van der Waals surface area contributed by atoms with Crippen LogP contribution in [0.2, 0.25) is 0 Å². The van der Waals surface area contributed by atoms with Crippen molar-refractivity contribution in [2.75, 3.05) is 32.8 Å². The number of nitrogens with zero attached hydrogens (tertiary/aromatic N) is 1. The number of ether oxygens (including phenoxy) is 1. The average molecular weight is 367 g/mol. The SMILES string of the molecule is Cc1ccc(C(CNC(=O)C(C)Cc2ccccc2)N2CCOCC2)cc1. The summed E-state index contributed by atoms with van der Waals surface area (Å²) >= 11 is 0. The van der Waals surface area contributed by atoms with Crippen LogP contribution in [0.15, 0.2) is 54.6 Å². The smallest absolute Gasteiger partial charge is 0.223 e. The van der Waals surface area contributed by atoms with Crippen LogP contribution in [0.1, 0.15) is 29.7 Å². The number of carbonyl (C=O) groups is 1. The molecule has 2 aromatic rings. The van der Waals surface area contributed by atoms with Gasteiger partial charge in [0.25, 0.3) is 0 Å². The van der Waals surface area contributed by atoms with Gasteiger partial charge in [0.1, 0.15) is 0 Å². The molecule has 0 aliphatic carbocycles. The Balaban J connectivity index is 1.62. The van der Waals surface area contributed by atoms with Gasteiger partial charge in [0.2, 0.25) is 5.91 Å². The fraction of sp³-hybridized carbons (Fsp3) is 0.435. The van der Waals surface area contributed by atoms with Crippen LogP contribution in [-0.4, -0.2) is 43.7 Å². The van der Waals surface area contributed by atoms with Crippen LogP contribution in [0.3, 0.4) is 0 Å². The third kappa shape index (κ3) is 5.65. The molecule has 0 spiro atoms. The van der Waals surface area contributed by atoms with Crippen molar-refractivity contribution >= 4 is 5.91 Å². The number of aryl methyl sites for hydroxylation is 1. The monoisotopic (exact) mass is 366 g/mol. The first-order valence-corrected chi connectivity index (χ1v) is 9.83. The molecule has 0 radical (unpaired) electrons. The Labute approximate surface area is 162 Å². The van der Waals surface area contributed by atoms with Crippen molar-refractivity contribution in [3.05, 3.63) is 71.3 Å².